The molecule has 0 spiro atoms. The lowest BCUT2D eigenvalue weighted by molar-refractivity contribution is -0.120. The van der Waals surface area contributed by atoms with Gasteiger partial charge in [0.2, 0.25) is 5.78 Å². The van der Waals surface area contributed by atoms with Crippen LogP contribution in [0.4, 0.5) is 4.79 Å². The molecule has 11 heteroatoms. The van der Waals surface area contributed by atoms with Gasteiger partial charge in [0.25, 0.3) is 5.91 Å². The van der Waals surface area contributed by atoms with E-state index in [9.17, 15) is 19.2 Å². The predicted octanol–water partition coefficient (Wildman–Crippen LogP) is 2.71. The zero-order valence-electron chi connectivity index (χ0n) is 25.0. The average molecular weight is 575 g/mol. The van der Waals surface area contributed by atoms with Crippen LogP contribution in [0.15, 0.2) is 58.9 Å². The average Bonchev–Trinajstić information content (AvgIpc) is 2.91. The Morgan fingerprint density at radius 1 is 0.951 bits per heavy atom. The number of nitrogens with one attached hydrogen (secondary N) is 1. The number of rotatable bonds is 5. The number of allylic oxidation sites excluding steroid dienone is 5. The first-order chi connectivity index (χ1) is 19.4. The number of methoxy groups -OCH3 is 4. The molecule has 0 aromatic carbocycles. The summed E-state index contributed by atoms with van der Waals surface area (Å²) in [4.78, 5) is 50.6. The molecule has 1 aliphatic heterocycles. The minimum Gasteiger partial charge on any atom is -0.439 e. The third-order valence-electron chi connectivity index (χ3n) is 7.27. The van der Waals surface area contributed by atoms with Gasteiger partial charge in [-0.1, -0.05) is 38.2 Å². The maximum atomic E-state index is 13.4. The van der Waals surface area contributed by atoms with E-state index in [-0.39, 0.29) is 28.7 Å². The normalized spacial score (nSPS) is 33.1. The number of primary amides is 1. The number of Topliss-reactive ketones (excluding diaryl/α,β-unsaturated/α-hetero) is 1. The third kappa shape index (κ3) is 8.80. The van der Waals surface area contributed by atoms with E-state index in [1.165, 1.54) is 26.4 Å². The quantitative estimate of drug-likeness (QED) is 0.373. The number of carbonyl (C=O) groups excluding carboxylic acids is 4. The molecule has 0 fully saturated rings. The highest BCUT2D eigenvalue weighted by atomic mass is 16.6. The Morgan fingerprint density at radius 2 is 1.63 bits per heavy atom. The van der Waals surface area contributed by atoms with E-state index in [2.05, 4.69) is 5.32 Å². The molecule has 1 heterocycles. The molecular weight excluding hydrogens is 532 g/mol. The highest BCUT2D eigenvalue weighted by molar-refractivity contribution is 6.22. The molecule has 11 nitrogen and oxygen atoms in total. The maximum absolute atomic E-state index is 13.4. The first-order valence-corrected chi connectivity index (χ1v) is 13.3. The monoisotopic (exact) mass is 574 g/mol. The van der Waals surface area contributed by atoms with Gasteiger partial charge in [0.05, 0.1) is 24.0 Å². The fourth-order valence-electron chi connectivity index (χ4n) is 5.21. The highest BCUT2D eigenvalue weighted by Crippen LogP contribution is 2.30. The minimum absolute atomic E-state index is 0.141. The lowest BCUT2D eigenvalue weighted by Crippen LogP contribution is -2.41. The van der Waals surface area contributed by atoms with Crippen LogP contribution in [-0.2, 0) is 38.1 Å². The van der Waals surface area contributed by atoms with Gasteiger partial charge in [0.1, 0.15) is 6.10 Å². The van der Waals surface area contributed by atoms with Crippen molar-refractivity contribution in [3.63, 3.8) is 0 Å². The van der Waals surface area contributed by atoms with Crippen LogP contribution in [0.5, 0.6) is 0 Å². The van der Waals surface area contributed by atoms with Gasteiger partial charge in [-0.25, -0.2) is 4.79 Å². The number of hydrogen-bond acceptors (Lipinski definition) is 9. The molecule has 0 unspecified atom stereocenters. The molecule has 7 atom stereocenters. The van der Waals surface area contributed by atoms with Crippen LogP contribution < -0.4 is 11.1 Å². The molecule has 2 amide bonds. The van der Waals surface area contributed by atoms with Crippen LogP contribution in [0.25, 0.3) is 0 Å². The fourth-order valence-corrected chi connectivity index (χ4v) is 5.21. The third-order valence-corrected chi connectivity index (χ3v) is 7.27. The van der Waals surface area contributed by atoms with E-state index >= 15 is 0 Å². The van der Waals surface area contributed by atoms with Gasteiger partial charge in [0, 0.05) is 51.6 Å². The number of nitrogens with two attached hydrogens (primary N) is 1. The van der Waals surface area contributed by atoms with Gasteiger partial charge in [-0.2, -0.15) is 0 Å². The first-order valence-electron chi connectivity index (χ1n) is 13.3. The molecule has 3 N–H and O–H groups in total. The molecule has 0 aromatic rings. The Morgan fingerprint density at radius 3 is 2.20 bits per heavy atom. The number of hydrogen-bond donors (Lipinski definition) is 2. The second-order valence-electron chi connectivity index (χ2n) is 10.2. The molecular formula is C30H42N2O9. The second-order valence-corrected chi connectivity index (χ2v) is 10.2. The molecule has 0 saturated carbocycles. The van der Waals surface area contributed by atoms with Crippen LogP contribution in [0.1, 0.15) is 34.1 Å². The summed E-state index contributed by atoms with van der Waals surface area (Å²) in [6.45, 7) is 7.17. The summed E-state index contributed by atoms with van der Waals surface area (Å²) in [6.07, 6.45) is 5.11. The summed E-state index contributed by atoms with van der Waals surface area (Å²) in [5.74, 6) is -2.04. The molecule has 0 aromatic heterocycles. The number of amides is 2. The standard InChI is InChI=1S/C30H42N2O9/c1-16-10-9-11-23(37-5)28(41-30(31)36)18(3)12-17(2)27(40-8)24(38-6)13-19(4)26(39-7)21-14-20(33)15-22(25(21)34)32-29(16)35/h9-12,14-15,17,19,23-24,26-28H,13H2,1-8H3,(H2,31,36)(H,32,35)/b11-9?,16-10+,18-12+/t17-,19-,23-,24-,26+,27+,28-/m0/s1. The van der Waals surface area contributed by atoms with Crippen molar-refractivity contribution in [1.82, 2.24) is 5.32 Å². The van der Waals surface area contributed by atoms with E-state index < -0.39 is 54.1 Å². The van der Waals surface area contributed by atoms with E-state index in [1.807, 2.05) is 19.9 Å². The van der Waals surface area contributed by atoms with Gasteiger partial charge in [-0.05, 0) is 37.8 Å². The number of carbonyl (C=O) groups is 4. The van der Waals surface area contributed by atoms with Gasteiger partial charge in [-0.3, -0.25) is 14.4 Å². The van der Waals surface area contributed by atoms with Crippen LogP contribution in [-0.4, -0.2) is 82.5 Å². The summed E-state index contributed by atoms with van der Waals surface area (Å²) >= 11 is 0. The van der Waals surface area contributed by atoms with E-state index in [1.54, 1.807) is 40.2 Å². The Bertz CT molecular complexity index is 1150. The van der Waals surface area contributed by atoms with Crippen LogP contribution in [0.3, 0.4) is 0 Å². The SMILES string of the molecule is CO[C@H]1[C@@H](OC)C[C@H](C)[C@@H](OC)C2=CC(=O)C=C(NC(=O)/C(C)=C/C=C[C@H](OC)[C@@H](OC(N)=O)/C(C)=C/[C@@H]1C)C2=O. The summed E-state index contributed by atoms with van der Waals surface area (Å²) in [5, 5.41) is 2.54. The van der Waals surface area contributed by atoms with Crippen molar-refractivity contribution in [2.24, 2.45) is 17.6 Å². The molecule has 2 aliphatic rings. The van der Waals surface area contributed by atoms with Gasteiger partial charge in [0.15, 0.2) is 11.9 Å². The molecule has 1 aliphatic carbocycles. The number of fused-ring (bicyclic) bond motifs is 2. The van der Waals surface area contributed by atoms with E-state index in [0.29, 0.717) is 12.0 Å². The largest absolute Gasteiger partial charge is 0.439 e. The molecule has 41 heavy (non-hydrogen) atoms. The predicted molar refractivity (Wildman–Crippen MR) is 152 cm³/mol. The Labute approximate surface area is 241 Å². The van der Waals surface area contributed by atoms with Crippen molar-refractivity contribution >= 4 is 23.6 Å². The summed E-state index contributed by atoms with van der Waals surface area (Å²) in [6, 6.07) is 0. The van der Waals surface area contributed by atoms with Crippen LogP contribution in [0.2, 0.25) is 0 Å². The number of ketones is 2. The lowest BCUT2D eigenvalue weighted by Gasteiger charge is -2.34. The van der Waals surface area contributed by atoms with E-state index in [4.69, 9.17) is 29.4 Å². The summed E-state index contributed by atoms with van der Waals surface area (Å²) in [7, 11) is 6.05. The van der Waals surface area contributed by atoms with Crippen molar-refractivity contribution in [1.29, 1.82) is 0 Å². The van der Waals surface area contributed by atoms with Crippen molar-refractivity contribution in [3.05, 3.63) is 58.9 Å². The highest BCUT2D eigenvalue weighted by Gasteiger charge is 2.36. The molecule has 0 saturated heterocycles. The van der Waals surface area contributed by atoms with Crippen molar-refractivity contribution in [3.8, 4) is 0 Å². The lowest BCUT2D eigenvalue weighted by atomic mass is 9.84. The molecule has 226 valence electrons. The maximum Gasteiger partial charge on any atom is 0.405 e. The van der Waals surface area contributed by atoms with Crippen molar-refractivity contribution in [2.75, 3.05) is 28.4 Å². The number of ether oxygens (including phenoxy) is 5. The zero-order valence-corrected chi connectivity index (χ0v) is 25.0. The fraction of sp³-hybridized carbons (Fsp3) is 0.533. The molecule has 2 bridgehead atoms. The van der Waals surface area contributed by atoms with Gasteiger partial charge >= 0.3 is 6.09 Å². The van der Waals surface area contributed by atoms with Crippen LogP contribution in [0, 0.1) is 11.8 Å². The first kappa shape index (κ1) is 33.8. The van der Waals surface area contributed by atoms with Crippen molar-refractivity contribution in [2.45, 2.75) is 64.6 Å². The van der Waals surface area contributed by atoms with Crippen LogP contribution >= 0.6 is 0 Å². The minimum atomic E-state index is -0.972. The topological polar surface area (TPSA) is 152 Å². The Balaban J connectivity index is 2.66. The Hall–Kier alpha value is -3.38. The summed E-state index contributed by atoms with van der Waals surface area (Å²) < 4.78 is 28.4. The molecule has 2 rings (SSSR count). The molecule has 0 radical (unpaired) electrons. The summed E-state index contributed by atoms with van der Waals surface area (Å²) in [5.41, 5.74) is 6.29. The zero-order chi connectivity index (χ0) is 30.9. The van der Waals surface area contributed by atoms with Gasteiger partial charge in [-0.15, -0.1) is 0 Å². The second kappa shape index (κ2) is 15.6. The van der Waals surface area contributed by atoms with Gasteiger partial charge < -0.3 is 34.7 Å². The van der Waals surface area contributed by atoms with E-state index in [0.717, 1.165) is 6.08 Å². The Kier molecular flexibility index (Phi) is 12.8. The smallest absolute Gasteiger partial charge is 0.405 e. The van der Waals surface area contributed by atoms with Crippen molar-refractivity contribution < 1.29 is 42.9 Å².